The van der Waals surface area contributed by atoms with Gasteiger partial charge < -0.3 is 15.4 Å². The van der Waals surface area contributed by atoms with Crippen LogP contribution < -0.4 is 10.6 Å². The highest BCUT2D eigenvalue weighted by Gasteiger charge is 2.35. The van der Waals surface area contributed by atoms with Crippen molar-refractivity contribution in [2.75, 3.05) is 20.3 Å². The first kappa shape index (κ1) is 18.2. The van der Waals surface area contributed by atoms with E-state index in [1.165, 1.54) is 0 Å². The van der Waals surface area contributed by atoms with Gasteiger partial charge in [-0.3, -0.25) is 9.59 Å². The van der Waals surface area contributed by atoms with Crippen molar-refractivity contribution in [2.45, 2.75) is 33.7 Å². The Kier molecular flexibility index (Phi) is 7.05. The van der Waals surface area contributed by atoms with Gasteiger partial charge in [-0.05, 0) is 38.3 Å². The topological polar surface area (TPSA) is 67.4 Å². The molecule has 0 aliphatic carbocycles. The third kappa shape index (κ3) is 5.15. The van der Waals surface area contributed by atoms with Gasteiger partial charge in [-0.25, -0.2) is 0 Å². The van der Waals surface area contributed by atoms with Crippen LogP contribution in [0.3, 0.4) is 0 Å². The molecule has 0 heterocycles. The molecule has 0 saturated heterocycles. The molecule has 5 heteroatoms. The summed E-state index contributed by atoms with van der Waals surface area (Å²) in [4.78, 5) is 24.4. The molecule has 0 radical (unpaired) electrons. The van der Waals surface area contributed by atoms with Crippen LogP contribution in [0.1, 0.15) is 31.4 Å². The van der Waals surface area contributed by atoms with E-state index in [9.17, 15) is 9.59 Å². The monoisotopic (exact) mass is 306 g/mol. The second-order valence-electron chi connectivity index (χ2n) is 5.84. The first-order valence-corrected chi connectivity index (χ1v) is 7.49. The smallest absolute Gasteiger partial charge is 0.235 e. The molecule has 2 N–H and O–H groups in total. The second-order valence-corrected chi connectivity index (χ2v) is 5.84. The van der Waals surface area contributed by atoms with Crippen LogP contribution in [0.2, 0.25) is 0 Å². The van der Waals surface area contributed by atoms with Gasteiger partial charge in [-0.15, -0.1) is 0 Å². The molecule has 1 aromatic rings. The zero-order valence-corrected chi connectivity index (χ0v) is 13.9. The minimum Gasteiger partial charge on any atom is -0.385 e. The quantitative estimate of drug-likeness (QED) is 0.568. The highest BCUT2D eigenvalue weighted by Crippen LogP contribution is 2.16. The highest BCUT2D eigenvalue weighted by molar-refractivity contribution is 6.04. The molecule has 22 heavy (non-hydrogen) atoms. The van der Waals surface area contributed by atoms with E-state index in [0.717, 1.165) is 17.5 Å². The number of nitrogens with one attached hydrogen (secondary N) is 2. The van der Waals surface area contributed by atoms with Gasteiger partial charge in [0, 0.05) is 26.8 Å². The zero-order chi connectivity index (χ0) is 16.6. The number of amides is 2. The normalized spacial score (nSPS) is 11.1. The van der Waals surface area contributed by atoms with Crippen LogP contribution in [0, 0.1) is 12.3 Å². The van der Waals surface area contributed by atoms with E-state index in [4.69, 9.17) is 4.74 Å². The van der Waals surface area contributed by atoms with Crippen molar-refractivity contribution in [1.82, 2.24) is 10.6 Å². The van der Waals surface area contributed by atoms with E-state index >= 15 is 0 Å². The second kappa shape index (κ2) is 8.54. The van der Waals surface area contributed by atoms with Gasteiger partial charge >= 0.3 is 0 Å². The molecule has 0 spiro atoms. The number of methoxy groups -OCH3 is 1. The highest BCUT2D eigenvalue weighted by atomic mass is 16.5. The third-order valence-electron chi connectivity index (χ3n) is 3.65. The number of hydrogen-bond donors (Lipinski definition) is 2. The molecule has 0 unspecified atom stereocenters. The minimum atomic E-state index is -1.10. The molecule has 2 amide bonds. The number of rotatable bonds is 8. The summed E-state index contributed by atoms with van der Waals surface area (Å²) in [5.41, 5.74) is 1.06. The standard InChI is InChI=1S/C17H26N2O3/c1-13-8-5-6-9-14(13)12-19-16(21)17(2,3)15(20)18-10-7-11-22-4/h5-6,8-9H,7,10-12H2,1-4H3,(H,18,20)(H,19,21). The molecule has 0 bridgehead atoms. The van der Waals surface area contributed by atoms with Gasteiger partial charge in [0.1, 0.15) is 5.41 Å². The lowest BCUT2D eigenvalue weighted by atomic mass is 9.91. The lowest BCUT2D eigenvalue weighted by molar-refractivity contribution is -0.141. The molecule has 122 valence electrons. The van der Waals surface area contributed by atoms with Crippen molar-refractivity contribution in [2.24, 2.45) is 5.41 Å². The van der Waals surface area contributed by atoms with Crippen LogP contribution in [-0.4, -0.2) is 32.1 Å². The molecule has 0 atom stereocenters. The van der Waals surface area contributed by atoms with E-state index in [1.54, 1.807) is 21.0 Å². The average molecular weight is 306 g/mol. The summed E-state index contributed by atoms with van der Waals surface area (Å²) >= 11 is 0. The predicted molar refractivity (Wildman–Crippen MR) is 86.3 cm³/mol. The van der Waals surface area contributed by atoms with E-state index in [2.05, 4.69) is 10.6 Å². The number of carbonyl (C=O) groups excluding carboxylic acids is 2. The summed E-state index contributed by atoms with van der Waals surface area (Å²) < 4.78 is 4.92. The minimum absolute atomic E-state index is 0.272. The lowest BCUT2D eigenvalue weighted by Crippen LogP contribution is -2.48. The molecule has 0 aromatic heterocycles. The zero-order valence-electron chi connectivity index (χ0n) is 13.9. The van der Waals surface area contributed by atoms with Gasteiger partial charge in [-0.2, -0.15) is 0 Å². The summed E-state index contributed by atoms with van der Waals surface area (Å²) in [7, 11) is 1.62. The van der Waals surface area contributed by atoms with Crippen LogP contribution in [0.25, 0.3) is 0 Å². The Hall–Kier alpha value is -1.88. The van der Waals surface area contributed by atoms with Crippen molar-refractivity contribution in [1.29, 1.82) is 0 Å². The SMILES string of the molecule is COCCCNC(=O)C(C)(C)C(=O)NCc1ccccc1C. The Morgan fingerprint density at radius 3 is 2.41 bits per heavy atom. The average Bonchev–Trinajstić information content (AvgIpc) is 2.50. The summed E-state index contributed by atoms with van der Waals surface area (Å²) in [6.07, 6.45) is 0.725. The molecule has 5 nitrogen and oxygen atoms in total. The number of aryl methyl sites for hydroxylation is 1. The molecule has 0 fully saturated rings. The van der Waals surface area contributed by atoms with Crippen molar-refractivity contribution in [3.05, 3.63) is 35.4 Å². The molecule has 0 aliphatic rings. The summed E-state index contributed by atoms with van der Waals surface area (Å²) in [5, 5.41) is 5.61. The van der Waals surface area contributed by atoms with Crippen LogP contribution in [-0.2, 0) is 20.9 Å². The van der Waals surface area contributed by atoms with E-state index in [0.29, 0.717) is 19.7 Å². The first-order valence-electron chi connectivity index (χ1n) is 7.49. The fraction of sp³-hybridized carbons (Fsp3) is 0.529. The van der Waals surface area contributed by atoms with Gasteiger partial charge in [-0.1, -0.05) is 24.3 Å². The van der Waals surface area contributed by atoms with E-state index < -0.39 is 5.41 Å². The van der Waals surface area contributed by atoms with Gasteiger partial charge in [0.25, 0.3) is 0 Å². The first-order chi connectivity index (χ1) is 10.4. The van der Waals surface area contributed by atoms with Crippen molar-refractivity contribution >= 4 is 11.8 Å². The molecule has 0 aliphatic heterocycles. The Morgan fingerprint density at radius 2 is 1.77 bits per heavy atom. The summed E-state index contributed by atoms with van der Waals surface area (Å²) in [6.45, 7) is 6.76. The van der Waals surface area contributed by atoms with E-state index in [-0.39, 0.29) is 11.8 Å². The maximum Gasteiger partial charge on any atom is 0.235 e. The van der Waals surface area contributed by atoms with Crippen LogP contribution in [0.4, 0.5) is 0 Å². The van der Waals surface area contributed by atoms with Crippen LogP contribution in [0.15, 0.2) is 24.3 Å². The Morgan fingerprint density at radius 1 is 1.14 bits per heavy atom. The van der Waals surface area contributed by atoms with Crippen LogP contribution in [0.5, 0.6) is 0 Å². The Labute approximate surface area is 132 Å². The fourth-order valence-electron chi connectivity index (χ4n) is 1.95. The summed E-state index contributed by atoms with van der Waals surface area (Å²) in [6, 6.07) is 7.85. The lowest BCUT2D eigenvalue weighted by Gasteiger charge is -2.23. The molecule has 0 saturated carbocycles. The Bertz CT molecular complexity index is 512. The third-order valence-corrected chi connectivity index (χ3v) is 3.65. The Balaban J connectivity index is 2.51. The maximum atomic E-state index is 12.3. The molecular formula is C17H26N2O3. The number of hydrogen-bond acceptors (Lipinski definition) is 3. The van der Waals surface area contributed by atoms with E-state index in [1.807, 2.05) is 31.2 Å². The van der Waals surface area contributed by atoms with Crippen molar-refractivity contribution < 1.29 is 14.3 Å². The molecule has 1 aromatic carbocycles. The molecule has 1 rings (SSSR count). The fourth-order valence-corrected chi connectivity index (χ4v) is 1.95. The summed E-state index contributed by atoms with van der Waals surface area (Å²) in [5.74, 6) is -0.550. The number of carbonyl (C=O) groups is 2. The van der Waals surface area contributed by atoms with Gasteiger partial charge in [0.2, 0.25) is 11.8 Å². The number of benzene rings is 1. The van der Waals surface area contributed by atoms with Gasteiger partial charge in [0.05, 0.1) is 0 Å². The molecular weight excluding hydrogens is 280 g/mol. The van der Waals surface area contributed by atoms with Crippen molar-refractivity contribution in [3.8, 4) is 0 Å². The van der Waals surface area contributed by atoms with Crippen LogP contribution >= 0.6 is 0 Å². The number of ether oxygens (including phenoxy) is 1. The predicted octanol–water partition coefficient (Wildman–Crippen LogP) is 1.79. The largest absolute Gasteiger partial charge is 0.385 e. The maximum absolute atomic E-state index is 12.3. The van der Waals surface area contributed by atoms with Gasteiger partial charge in [0.15, 0.2) is 0 Å². The van der Waals surface area contributed by atoms with Crippen molar-refractivity contribution in [3.63, 3.8) is 0 Å².